The summed E-state index contributed by atoms with van der Waals surface area (Å²) in [5.74, 6) is 0. The van der Waals surface area contributed by atoms with Gasteiger partial charge in [0, 0.05) is 0 Å². The third kappa shape index (κ3) is 27.4. The molecule has 3 nitrogen and oxygen atoms in total. The van der Waals surface area contributed by atoms with Crippen LogP contribution < -0.4 is 0 Å². The van der Waals surface area contributed by atoms with Crippen molar-refractivity contribution in [3.05, 3.63) is 47.2 Å². The molecule has 0 fully saturated rings. The van der Waals surface area contributed by atoms with E-state index in [2.05, 4.69) is 48.0 Å². The van der Waals surface area contributed by atoms with Crippen LogP contribution in [0.5, 0.6) is 0 Å². The summed E-state index contributed by atoms with van der Waals surface area (Å²) >= 11 is 0. The second kappa shape index (κ2) is 27.1. The smallest absolute Gasteiger partial charge is 0.665 e. The fraction of sp³-hybridized carbons (Fsp3) is 0.737. The van der Waals surface area contributed by atoms with Gasteiger partial charge in [0.2, 0.25) is 0 Å². The number of rotatable bonds is 8. The summed E-state index contributed by atoms with van der Waals surface area (Å²) in [5.41, 5.74) is 1.57. The topological polar surface area (TPSA) is 42.3 Å². The van der Waals surface area contributed by atoms with Crippen molar-refractivity contribution in [1.82, 2.24) is 0 Å². The third-order valence-corrected chi connectivity index (χ3v) is 3.17. The van der Waals surface area contributed by atoms with Gasteiger partial charge in [-0.3, -0.25) is 0 Å². The Hall–Kier alpha value is 0.230. The quantitative estimate of drug-likeness (QED) is 0.219. The van der Waals surface area contributed by atoms with Crippen LogP contribution in [-0.2, 0) is 25.8 Å². The molecular formula is C19H39HfN3. The molecule has 0 amide bonds. The van der Waals surface area contributed by atoms with Crippen molar-refractivity contribution in [3.8, 4) is 0 Å². The van der Waals surface area contributed by atoms with Crippen LogP contribution in [0.4, 0.5) is 0 Å². The molecule has 134 valence electrons. The molecule has 1 atom stereocenters. The van der Waals surface area contributed by atoms with Crippen molar-refractivity contribution in [2.75, 3.05) is 33.7 Å². The van der Waals surface area contributed by atoms with Crippen LogP contribution >= 0.6 is 0 Å². The summed E-state index contributed by atoms with van der Waals surface area (Å²) in [5, 5.41) is 12.0. The van der Waals surface area contributed by atoms with Gasteiger partial charge in [0.25, 0.3) is 0 Å². The molecule has 23 heavy (non-hydrogen) atoms. The van der Waals surface area contributed by atoms with Gasteiger partial charge in [0.1, 0.15) is 0 Å². The van der Waals surface area contributed by atoms with Crippen LogP contribution in [0.25, 0.3) is 16.0 Å². The maximum Gasteiger partial charge on any atom is 4.00 e. The van der Waals surface area contributed by atoms with E-state index >= 15 is 0 Å². The van der Waals surface area contributed by atoms with Crippen LogP contribution in [0.3, 0.4) is 0 Å². The minimum absolute atomic E-state index is 0. The normalized spacial score (nSPS) is 12.5. The van der Waals surface area contributed by atoms with E-state index in [9.17, 15) is 0 Å². The predicted molar refractivity (Wildman–Crippen MR) is 105 cm³/mol. The molecule has 1 rings (SSSR count). The van der Waals surface area contributed by atoms with E-state index in [1.807, 2.05) is 13.8 Å². The Balaban J connectivity index is -0.000000153. The van der Waals surface area contributed by atoms with Crippen LogP contribution in [0.15, 0.2) is 23.8 Å². The molecule has 0 saturated heterocycles. The molecule has 0 bridgehead atoms. The second-order valence-corrected chi connectivity index (χ2v) is 4.99. The number of hydrogen-bond acceptors (Lipinski definition) is 0. The summed E-state index contributed by atoms with van der Waals surface area (Å²) in [6.07, 6.45) is 11.4. The first kappa shape index (κ1) is 31.0. The number of hydrogen-bond donors (Lipinski definition) is 0. The Morgan fingerprint density at radius 2 is 1.61 bits per heavy atom. The first-order valence-electron chi connectivity index (χ1n) is 8.28. The van der Waals surface area contributed by atoms with Gasteiger partial charge < -0.3 is 23.4 Å². The number of nitrogens with zero attached hydrogens (tertiary/aromatic N) is 3. The van der Waals surface area contributed by atoms with E-state index in [4.69, 9.17) is 0 Å². The molecule has 0 aromatic carbocycles. The van der Waals surface area contributed by atoms with E-state index in [0.717, 1.165) is 19.6 Å². The fourth-order valence-electron chi connectivity index (χ4n) is 1.42. The summed E-state index contributed by atoms with van der Waals surface area (Å²) in [4.78, 5) is 0. The van der Waals surface area contributed by atoms with E-state index < -0.39 is 0 Å². The molecule has 1 unspecified atom stereocenters. The zero-order chi connectivity index (χ0) is 16.3. The van der Waals surface area contributed by atoms with Crippen molar-refractivity contribution < 1.29 is 25.8 Å². The molecule has 0 aromatic rings. The van der Waals surface area contributed by atoms with Crippen molar-refractivity contribution in [1.29, 1.82) is 0 Å². The average molecular weight is 488 g/mol. The van der Waals surface area contributed by atoms with Gasteiger partial charge in [0.05, 0.1) is 0 Å². The van der Waals surface area contributed by atoms with E-state index in [0.29, 0.717) is 6.04 Å². The first-order valence-corrected chi connectivity index (χ1v) is 8.28. The Labute approximate surface area is 165 Å². The molecule has 0 saturated carbocycles. The maximum atomic E-state index is 4.56. The summed E-state index contributed by atoms with van der Waals surface area (Å²) in [7, 11) is 3.61. The zero-order valence-corrected chi connectivity index (χ0v) is 20.2. The minimum atomic E-state index is 0. The largest absolute Gasteiger partial charge is 4.00 e. The Morgan fingerprint density at radius 3 is 1.96 bits per heavy atom. The molecule has 0 aromatic heterocycles. The Bertz CT molecular complexity index is 245. The van der Waals surface area contributed by atoms with Gasteiger partial charge in [-0.1, -0.05) is 64.3 Å². The van der Waals surface area contributed by atoms with Gasteiger partial charge in [-0.15, -0.1) is 12.6 Å². The molecule has 0 aliphatic heterocycles. The van der Waals surface area contributed by atoms with Crippen LogP contribution in [-0.4, -0.2) is 39.8 Å². The molecular weight excluding hydrogens is 449 g/mol. The molecule has 0 radical (unpaired) electrons. The van der Waals surface area contributed by atoms with Gasteiger partial charge >= 0.3 is 25.8 Å². The van der Waals surface area contributed by atoms with Gasteiger partial charge in [-0.05, 0) is 12.8 Å². The predicted octanol–water partition coefficient (Wildman–Crippen LogP) is 6.29. The fourth-order valence-corrected chi connectivity index (χ4v) is 1.42. The van der Waals surface area contributed by atoms with Crippen molar-refractivity contribution in [2.45, 2.75) is 59.4 Å². The van der Waals surface area contributed by atoms with Gasteiger partial charge in [-0.25, -0.2) is 0 Å². The third-order valence-electron chi connectivity index (χ3n) is 3.17. The van der Waals surface area contributed by atoms with Crippen molar-refractivity contribution >= 4 is 0 Å². The molecule has 4 heteroatoms. The van der Waals surface area contributed by atoms with Crippen LogP contribution in [0, 0.1) is 7.43 Å². The van der Waals surface area contributed by atoms with E-state index in [1.165, 1.54) is 25.7 Å². The molecule has 1 aliphatic rings. The van der Waals surface area contributed by atoms with Crippen molar-refractivity contribution in [3.63, 3.8) is 0 Å². The monoisotopic (exact) mass is 489 g/mol. The zero-order valence-electron chi connectivity index (χ0n) is 16.6. The van der Waals surface area contributed by atoms with Crippen LogP contribution in [0.1, 0.15) is 53.4 Å². The summed E-state index contributed by atoms with van der Waals surface area (Å²) in [6, 6.07) is 0.552. The Morgan fingerprint density at radius 1 is 1.09 bits per heavy atom. The van der Waals surface area contributed by atoms with Crippen LogP contribution in [0.2, 0.25) is 0 Å². The average Bonchev–Trinajstić information content (AvgIpc) is 3.05. The van der Waals surface area contributed by atoms with E-state index in [-0.39, 0.29) is 33.3 Å². The molecule has 0 N–H and O–H groups in total. The van der Waals surface area contributed by atoms with Gasteiger partial charge in [-0.2, -0.15) is 27.2 Å². The number of allylic oxidation sites excluding steroid dienone is 4. The molecule has 0 heterocycles. The standard InChI is InChI=1S/C12H20N.2C3H8N.CH3.Hf/c1-3-11(2)13-10-6-9-12-7-4-5-8-12;2*1-3-4-2;;/h4-5,7,11H,3,6,8-10H2,1-2H3;2*3H2,1-2H3;1H3;/q4*-1;+4. The summed E-state index contributed by atoms with van der Waals surface area (Å²) < 4.78 is 0. The second-order valence-electron chi connectivity index (χ2n) is 4.99. The van der Waals surface area contributed by atoms with Crippen molar-refractivity contribution in [2.24, 2.45) is 0 Å². The molecule has 1 aliphatic carbocycles. The maximum absolute atomic E-state index is 4.56. The first-order chi connectivity index (χ1) is 10.2. The Kier molecular flexibility index (Phi) is 36.6. The summed E-state index contributed by atoms with van der Waals surface area (Å²) in [6.45, 7) is 11.3. The van der Waals surface area contributed by atoms with Gasteiger partial charge in [0.15, 0.2) is 0 Å². The molecule has 0 spiro atoms. The van der Waals surface area contributed by atoms with E-state index in [1.54, 1.807) is 19.7 Å². The SMILES string of the molecule is CCC(C)[N-]CCCC1=CC=CC1.CC[N-]C.CC[N-]C.[CH3-].[Hf+4]. The minimum Gasteiger partial charge on any atom is -0.665 e.